The molecule has 0 atom stereocenters. The molecule has 1 aromatic rings. The molecule has 15 heavy (non-hydrogen) atoms. The summed E-state index contributed by atoms with van der Waals surface area (Å²) in [4.78, 5) is 0. The lowest BCUT2D eigenvalue weighted by Gasteiger charge is -2.21. The van der Waals surface area contributed by atoms with Gasteiger partial charge in [-0.2, -0.15) is 5.26 Å². The van der Waals surface area contributed by atoms with Crippen molar-refractivity contribution >= 4 is 15.9 Å². The standard InChI is InChI=1S/C12H11BrFN/c13-10-5-3-4-9(11(10)14)12(8-15)6-1-2-7-12/h3-5H,1-2,6-7H2. The molecule has 0 unspecified atom stereocenters. The summed E-state index contributed by atoms with van der Waals surface area (Å²) in [6.45, 7) is 0. The fraction of sp³-hybridized carbons (Fsp3) is 0.417. The lowest BCUT2D eigenvalue weighted by Crippen LogP contribution is -2.21. The van der Waals surface area contributed by atoms with Gasteiger partial charge in [-0.15, -0.1) is 0 Å². The topological polar surface area (TPSA) is 23.8 Å². The Hall–Kier alpha value is -0.880. The maximum absolute atomic E-state index is 13.9. The maximum atomic E-state index is 13.9. The summed E-state index contributed by atoms with van der Waals surface area (Å²) in [7, 11) is 0. The number of hydrogen-bond acceptors (Lipinski definition) is 1. The van der Waals surface area contributed by atoms with Crippen molar-refractivity contribution in [3.05, 3.63) is 34.1 Å². The third-order valence-corrected chi connectivity index (χ3v) is 3.75. The van der Waals surface area contributed by atoms with E-state index in [4.69, 9.17) is 0 Å². The van der Waals surface area contributed by atoms with Gasteiger partial charge in [-0.05, 0) is 34.8 Å². The van der Waals surface area contributed by atoms with Gasteiger partial charge in [-0.25, -0.2) is 4.39 Å². The predicted molar refractivity (Wildman–Crippen MR) is 59.9 cm³/mol. The van der Waals surface area contributed by atoms with E-state index < -0.39 is 5.41 Å². The number of rotatable bonds is 1. The second kappa shape index (κ2) is 3.94. The van der Waals surface area contributed by atoms with Crippen LogP contribution in [0.5, 0.6) is 0 Å². The number of benzene rings is 1. The van der Waals surface area contributed by atoms with Gasteiger partial charge in [0.1, 0.15) is 5.82 Å². The average molecular weight is 268 g/mol. The van der Waals surface area contributed by atoms with Crippen molar-refractivity contribution in [3.8, 4) is 6.07 Å². The lowest BCUT2D eigenvalue weighted by atomic mass is 9.80. The number of nitrogens with zero attached hydrogens (tertiary/aromatic N) is 1. The number of nitriles is 1. The van der Waals surface area contributed by atoms with E-state index in [2.05, 4.69) is 22.0 Å². The molecule has 0 spiro atoms. The molecule has 2 rings (SSSR count). The molecule has 3 heteroatoms. The molecule has 1 saturated carbocycles. The van der Waals surface area contributed by atoms with Gasteiger partial charge >= 0.3 is 0 Å². The third kappa shape index (κ3) is 1.68. The van der Waals surface area contributed by atoms with Gasteiger partial charge in [0.2, 0.25) is 0 Å². The fourth-order valence-electron chi connectivity index (χ4n) is 2.29. The van der Waals surface area contributed by atoms with Gasteiger partial charge in [0.15, 0.2) is 0 Å². The molecule has 78 valence electrons. The number of halogens is 2. The maximum Gasteiger partial charge on any atom is 0.142 e. The molecular formula is C12H11BrFN. The van der Waals surface area contributed by atoms with Gasteiger partial charge < -0.3 is 0 Å². The van der Waals surface area contributed by atoms with E-state index in [1.807, 2.05) is 0 Å². The molecule has 0 bridgehead atoms. The molecule has 1 aliphatic carbocycles. The van der Waals surface area contributed by atoms with Crippen molar-refractivity contribution in [1.82, 2.24) is 0 Å². The summed E-state index contributed by atoms with van der Waals surface area (Å²) in [5.74, 6) is -0.277. The Bertz CT molecular complexity index is 416. The molecule has 0 heterocycles. The molecule has 0 saturated heterocycles. The van der Waals surface area contributed by atoms with Gasteiger partial charge in [-0.3, -0.25) is 0 Å². The zero-order chi connectivity index (χ0) is 10.9. The van der Waals surface area contributed by atoms with Crippen molar-refractivity contribution in [1.29, 1.82) is 5.26 Å². The Balaban J connectivity index is 2.53. The first kappa shape index (κ1) is 10.6. The van der Waals surface area contributed by atoms with Crippen LogP contribution >= 0.6 is 15.9 Å². The summed E-state index contributed by atoms with van der Waals surface area (Å²) < 4.78 is 14.3. The van der Waals surface area contributed by atoms with Crippen molar-refractivity contribution in [2.45, 2.75) is 31.1 Å². The first-order valence-electron chi connectivity index (χ1n) is 5.05. The van der Waals surface area contributed by atoms with E-state index in [1.165, 1.54) is 0 Å². The van der Waals surface area contributed by atoms with E-state index >= 15 is 0 Å². The van der Waals surface area contributed by atoms with Crippen LogP contribution in [-0.4, -0.2) is 0 Å². The van der Waals surface area contributed by atoms with Crippen LogP contribution in [0.4, 0.5) is 4.39 Å². The normalized spacial score (nSPS) is 18.7. The smallest absolute Gasteiger partial charge is 0.142 e. The van der Waals surface area contributed by atoms with Crippen LogP contribution in [0.15, 0.2) is 22.7 Å². The monoisotopic (exact) mass is 267 g/mol. The van der Waals surface area contributed by atoms with E-state index in [0.717, 1.165) is 25.7 Å². The minimum absolute atomic E-state index is 0.277. The van der Waals surface area contributed by atoms with Crippen LogP contribution in [-0.2, 0) is 5.41 Å². The molecule has 1 aliphatic rings. The molecule has 0 aliphatic heterocycles. The minimum atomic E-state index is -0.589. The highest BCUT2D eigenvalue weighted by Crippen LogP contribution is 2.42. The van der Waals surface area contributed by atoms with Crippen molar-refractivity contribution in [2.75, 3.05) is 0 Å². The highest BCUT2D eigenvalue weighted by atomic mass is 79.9. The van der Waals surface area contributed by atoms with Gasteiger partial charge in [0, 0.05) is 5.56 Å². The SMILES string of the molecule is N#CC1(c2cccc(Br)c2F)CCCC1. The summed E-state index contributed by atoms with van der Waals surface area (Å²) in [6.07, 6.45) is 3.58. The number of hydrogen-bond donors (Lipinski definition) is 0. The van der Waals surface area contributed by atoms with Gasteiger partial charge in [-0.1, -0.05) is 25.0 Å². The van der Waals surface area contributed by atoms with Crippen LogP contribution in [0.3, 0.4) is 0 Å². The summed E-state index contributed by atoms with van der Waals surface area (Å²) in [5, 5.41) is 9.25. The zero-order valence-corrected chi connectivity index (χ0v) is 9.85. The molecule has 1 nitrogen and oxygen atoms in total. The Morgan fingerprint density at radius 1 is 1.33 bits per heavy atom. The van der Waals surface area contributed by atoms with E-state index in [0.29, 0.717) is 10.0 Å². The Morgan fingerprint density at radius 3 is 2.60 bits per heavy atom. The Morgan fingerprint density at radius 2 is 2.00 bits per heavy atom. The van der Waals surface area contributed by atoms with Crippen molar-refractivity contribution in [2.24, 2.45) is 0 Å². The fourth-order valence-corrected chi connectivity index (χ4v) is 2.66. The van der Waals surface area contributed by atoms with Gasteiger partial charge in [0.25, 0.3) is 0 Å². The van der Waals surface area contributed by atoms with E-state index in [-0.39, 0.29) is 5.82 Å². The zero-order valence-electron chi connectivity index (χ0n) is 8.26. The van der Waals surface area contributed by atoms with Crippen LogP contribution in [0.2, 0.25) is 0 Å². The summed E-state index contributed by atoms with van der Waals surface area (Å²) in [6, 6.07) is 7.49. The Labute approximate surface area is 97.0 Å². The van der Waals surface area contributed by atoms with Crippen molar-refractivity contribution < 1.29 is 4.39 Å². The van der Waals surface area contributed by atoms with E-state index in [9.17, 15) is 9.65 Å². The van der Waals surface area contributed by atoms with Crippen LogP contribution in [0.1, 0.15) is 31.2 Å². The summed E-state index contributed by atoms with van der Waals surface area (Å²) >= 11 is 3.16. The molecular weight excluding hydrogens is 257 g/mol. The first-order chi connectivity index (χ1) is 7.19. The lowest BCUT2D eigenvalue weighted by molar-refractivity contribution is 0.512. The largest absolute Gasteiger partial charge is 0.205 e. The average Bonchev–Trinajstić information content (AvgIpc) is 2.72. The highest BCUT2D eigenvalue weighted by molar-refractivity contribution is 9.10. The molecule has 0 aromatic heterocycles. The molecule has 0 radical (unpaired) electrons. The first-order valence-corrected chi connectivity index (χ1v) is 5.85. The quantitative estimate of drug-likeness (QED) is 0.757. The van der Waals surface area contributed by atoms with Crippen LogP contribution in [0.25, 0.3) is 0 Å². The molecule has 1 aromatic carbocycles. The molecule has 0 amide bonds. The van der Waals surface area contributed by atoms with Crippen LogP contribution < -0.4 is 0 Å². The molecule has 0 N–H and O–H groups in total. The second-order valence-electron chi connectivity index (χ2n) is 4.00. The van der Waals surface area contributed by atoms with Gasteiger partial charge in [0.05, 0.1) is 16.0 Å². The minimum Gasteiger partial charge on any atom is -0.205 e. The van der Waals surface area contributed by atoms with Crippen LogP contribution in [0, 0.1) is 17.1 Å². The second-order valence-corrected chi connectivity index (χ2v) is 4.86. The van der Waals surface area contributed by atoms with E-state index in [1.54, 1.807) is 18.2 Å². The molecule has 1 fully saturated rings. The Kier molecular flexibility index (Phi) is 2.79. The van der Waals surface area contributed by atoms with Crippen molar-refractivity contribution in [3.63, 3.8) is 0 Å². The third-order valence-electron chi connectivity index (χ3n) is 3.14. The summed E-state index contributed by atoms with van der Waals surface area (Å²) in [5.41, 5.74) is -0.0368. The predicted octanol–water partition coefficient (Wildman–Crippen LogP) is 3.92. The highest BCUT2D eigenvalue weighted by Gasteiger charge is 2.38.